The molecule has 0 amide bonds. The molecule has 2 heterocycles. The molecule has 2 saturated heterocycles. The molecule has 2 aliphatic rings. The van der Waals surface area contributed by atoms with Crippen LogP contribution < -0.4 is 15.7 Å². The van der Waals surface area contributed by atoms with E-state index >= 15 is 0 Å². The standard InChI is InChI=1S/2C2H5N.CH6NP/c2*1-2-3-1;1-2-3/h2*3H,1-2H2;2H,3H2,1H3. The Labute approximate surface area is 59.2 Å². The van der Waals surface area contributed by atoms with E-state index < -0.39 is 0 Å². The summed E-state index contributed by atoms with van der Waals surface area (Å²) in [7, 11) is 4.17. The first-order chi connectivity index (χ1) is 4.41. The Bertz CT molecular complexity index is 36.0. The smallest absolute Gasteiger partial charge is 0.00772 e. The van der Waals surface area contributed by atoms with Gasteiger partial charge in [-0.25, -0.2) is 0 Å². The van der Waals surface area contributed by atoms with Gasteiger partial charge in [-0.3, -0.25) is 0 Å². The lowest BCUT2D eigenvalue weighted by molar-refractivity contribution is 1.30. The van der Waals surface area contributed by atoms with E-state index in [1.807, 2.05) is 7.05 Å². The molecule has 0 aromatic carbocycles. The van der Waals surface area contributed by atoms with Gasteiger partial charge in [-0.05, 0) is 7.05 Å². The molecule has 3 N–H and O–H groups in total. The summed E-state index contributed by atoms with van der Waals surface area (Å²) < 4.78 is 0. The molecule has 1 atom stereocenters. The lowest BCUT2D eigenvalue weighted by Crippen LogP contribution is -1.74. The van der Waals surface area contributed by atoms with Crippen LogP contribution in [0.15, 0.2) is 0 Å². The van der Waals surface area contributed by atoms with Crippen molar-refractivity contribution in [1.29, 1.82) is 0 Å². The van der Waals surface area contributed by atoms with E-state index in [2.05, 4.69) is 25.1 Å². The van der Waals surface area contributed by atoms with Crippen LogP contribution in [0.5, 0.6) is 0 Å². The first kappa shape index (κ1) is 9.31. The van der Waals surface area contributed by atoms with Gasteiger partial charge in [-0.15, -0.1) is 0 Å². The second kappa shape index (κ2) is 8.31. The predicted octanol–water partition coefficient (Wildman–Crippen LogP) is -0.825. The molecule has 3 nitrogen and oxygen atoms in total. The van der Waals surface area contributed by atoms with Gasteiger partial charge < -0.3 is 15.7 Å². The molecular formula is C5H16N3P. The molecule has 0 aromatic rings. The Morgan fingerprint density at radius 3 is 1.22 bits per heavy atom. The van der Waals surface area contributed by atoms with Crippen molar-refractivity contribution in [3.8, 4) is 0 Å². The van der Waals surface area contributed by atoms with Gasteiger partial charge in [0.05, 0.1) is 0 Å². The number of rotatable bonds is 0. The summed E-state index contributed by atoms with van der Waals surface area (Å²) in [4.78, 5) is 0. The highest BCUT2D eigenvalue weighted by atomic mass is 31.0. The first-order valence-electron chi connectivity index (χ1n) is 3.20. The highest BCUT2D eigenvalue weighted by Crippen LogP contribution is 1.65. The molecule has 0 bridgehead atoms. The molecule has 0 aromatic heterocycles. The van der Waals surface area contributed by atoms with Crippen molar-refractivity contribution >= 4 is 9.39 Å². The van der Waals surface area contributed by atoms with Crippen molar-refractivity contribution in [2.45, 2.75) is 0 Å². The molecule has 1 unspecified atom stereocenters. The summed E-state index contributed by atoms with van der Waals surface area (Å²) in [6, 6.07) is 0. The van der Waals surface area contributed by atoms with E-state index in [0.717, 1.165) is 0 Å². The quantitative estimate of drug-likeness (QED) is 0.311. The van der Waals surface area contributed by atoms with Crippen LogP contribution in [0, 0.1) is 0 Å². The van der Waals surface area contributed by atoms with E-state index in [1.54, 1.807) is 0 Å². The van der Waals surface area contributed by atoms with Crippen LogP contribution in [0.1, 0.15) is 0 Å². The SMILES string of the molecule is C1CN1.C1CN1.CNP. The summed E-state index contributed by atoms with van der Waals surface area (Å²) in [5.41, 5.74) is 0. The Hall–Kier alpha value is 0.310. The molecule has 2 fully saturated rings. The molecule has 0 spiro atoms. The number of hydrogen-bond acceptors (Lipinski definition) is 3. The van der Waals surface area contributed by atoms with Gasteiger partial charge in [0.25, 0.3) is 0 Å². The van der Waals surface area contributed by atoms with Gasteiger partial charge >= 0.3 is 0 Å². The Balaban J connectivity index is 0.000000107. The van der Waals surface area contributed by atoms with Crippen LogP contribution in [0.4, 0.5) is 0 Å². The van der Waals surface area contributed by atoms with Gasteiger partial charge in [0, 0.05) is 26.2 Å². The molecule has 0 radical (unpaired) electrons. The zero-order chi connectivity index (χ0) is 6.95. The van der Waals surface area contributed by atoms with Gasteiger partial charge in [-0.2, -0.15) is 0 Å². The van der Waals surface area contributed by atoms with Crippen LogP contribution in [0.3, 0.4) is 0 Å². The van der Waals surface area contributed by atoms with Gasteiger partial charge in [-0.1, -0.05) is 9.39 Å². The summed E-state index contributed by atoms with van der Waals surface area (Å²) in [5, 5.41) is 8.67. The largest absolute Gasteiger partial charge is 0.314 e. The van der Waals surface area contributed by atoms with Crippen LogP contribution in [0.25, 0.3) is 0 Å². The minimum atomic E-state index is 1.25. The zero-order valence-electron chi connectivity index (χ0n) is 5.91. The zero-order valence-corrected chi connectivity index (χ0v) is 7.06. The van der Waals surface area contributed by atoms with E-state index in [0.29, 0.717) is 0 Å². The average molecular weight is 149 g/mol. The number of nitrogens with one attached hydrogen (secondary N) is 3. The van der Waals surface area contributed by atoms with Crippen LogP contribution in [0.2, 0.25) is 0 Å². The molecular weight excluding hydrogens is 133 g/mol. The van der Waals surface area contributed by atoms with Crippen LogP contribution >= 0.6 is 9.39 Å². The third-order valence-corrected chi connectivity index (χ3v) is 0.500. The molecule has 4 heteroatoms. The summed E-state index contributed by atoms with van der Waals surface area (Å²) in [5.74, 6) is 0. The minimum Gasteiger partial charge on any atom is -0.314 e. The molecule has 56 valence electrons. The summed E-state index contributed by atoms with van der Waals surface area (Å²) in [6.45, 7) is 5.00. The van der Waals surface area contributed by atoms with E-state index in [4.69, 9.17) is 0 Å². The van der Waals surface area contributed by atoms with Gasteiger partial charge in [0.1, 0.15) is 0 Å². The van der Waals surface area contributed by atoms with Crippen molar-refractivity contribution in [2.75, 3.05) is 33.2 Å². The second-order valence-electron chi connectivity index (χ2n) is 1.79. The maximum atomic E-state index is 3.00. The van der Waals surface area contributed by atoms with Crippen LogP contribution in [-0.4, -0.2) is 33.2 Å². The molecule has 2 rings (SSSR count). The molecule has 0 aliphatic carbocycles. The van der Waals surface area contributed by atoms with Crippen molar-refractivity contribution in [2.24, 2.45) is 0 Å². The Kier molecular flexibility index (Phi) is 8.60. The molecule has 0 saturated carbocycles. The predicted molar refractivity (Wildman–Crippen MR) is 44.5 cm³/mol. The van der Waals surface area contributed by atoms with Gasteiger partial charge in [0.2, 0.25) is 0 Å². The topological polar surface area (TPSA) is 55.9 Å². The van der Waals surface area contributed by atoms with Crippen molar-refractivity contribution in [3.63, 3.8) is 0 Å². The monoisotopic (exact) mass is 149 g/mol. The second-order valence-corrected chi connectivity index (χ2v) is 2.37. The lowest BCUT2D eigenvalue weighted by atomic mass is 11.0. The summed E-state index contributed by atoms with van der Waals surface area (Å²) >= 11 is 0. The van der Waals surface area contributed by atoms with Gasteiger partial charge in [0.15, 0.2) is 0 Å². The fraction of sp³-hybridized carbons (Fsp3) is 1.00. The van der Waals surface area contributed by atoms with Crippen molar-refractivity contribution in [1.82, 2.24) is 15.7 Å². The molecule has 2 aliphatic heterocycles. The van der Waals surface area contributed by atoms with E-state index in [9.17, 15) is 0 Å². The fourth-order valence-corrected chi connectivity index (χ4v) is 0. The van der Waals surface area contributed by atoms with Crippen molar-refractivity contribution in [3.05, 3.63) is 0 Å². The first-order valence-corrected chi connectivity index (χ1v) is 3.78. The third-order valence-electron chi connectivity index (χ3n) is 0.500. The fourth-order valence-electron chi connectivity index (χ4n) is 0. The third kappa shape index (κ3) is 62.0. The minimum absolute atomic E-state index is 1.25. The van der Waals surface area contributed by atoms with Crippen LogP contribution in [-0.2, 0) is 0 Å². The summed E-state index contributed by atoms with van der Waals surface area (Å²) in [6.07, 6.45) is 0. The Morgan fingerprint density at radius 1 is 1.11 bits per heavy atom. The maximum absolute atomic E-state index is 3.00. The van der Waals surface area contributed by atoms with E-state index in [-0.39, 0.29) is 0 Å². The number of hydrogen-bond donors (Lipinski definition) is 3. The average Bonchev–Trinajstić information content (AvgIpc) is 2.66. The maximum Gasteiger partial charge on any atom is 0.00772 e. The normalized spacial score (nSPS) is 18.0. The lowest BCUT2D eigenvalue weighted by Gasteiger charge is -1.59. The van der Waals surface area contributed by atoms with Crippen molar-refractivity contribution < 1.29 is 0 Å². The van der Waals surface area contributed by atoms with E-state index in [1.165, 1.54) is 26.2 Å². The molecule has 9 heavy (non-hydrogen) atoms. The Morgan fingerprint density at radius 2 is 1.22 bits per heavy atom. The highest BCUT2D eigenvalue weighted by Gasteiger charge is 1.91. The highest BCUT2D eigenvalue weighted by molar-refractivity contribution is 7.13.